The first-order chi connectivity index (χ1) is 63.4. The number of methoxy groups -OCH3 is 8. The summed E-state index contributed by atoms with van der Waals surface area (Å²) in [5.41, 5.74) is 2.74. The maximum atomic E-state index is 6.93. The summed E-state index contributed by atoms with van der Waals surface area (Å²) in [6, 6.07) is 14.6. The molecule has 3 aromatic heterocycles. The lowest BCUT2D eigenvalue weighted by molar-refractivity contribution is 0.0160. The van der Waals surface area contributed by atoms with Gasteiger partial charge in [-0.25, -0.2) is 29.9 Å². The molecule has 7 aromatic rings. The van der Waals surface area contributed by atoms with E-state index in [2.05, 4.69) is 9.97 Å². The fraction of sp³-hybridized carbons (Fsp3) is 0.636. The minimum atomic E-state index is 0.0263. The van der Waals surface area contributed by atoms with Crippen molar-refractivity contribution in [2.24, 2.45) is 0 Å². The molecule has 2 aliphatic heterocycles. The van der Waals surface area contributed by atoms with Crippen molar-refractivity contribution in [3.63, 3.8) is 0 Å². The third kappa shape index (κ3) is 35.8. The predicted octanol–water partition coefficient (Wildman–Crippen LogP) is 7.34. The molecule has 714 valence electrons. The van der Waals surface area contributed by atoms with Gasteiger partial charge in [0.2, 0.25) is 0 Å². The summed E-state index contributed by atoms with van der Waals surface area (Å²) in [5, 5.41) is 1.91. The maximum Gasteiger partial charge on any atom is 0.173 e. The van der Waals surface area contributed by atoms with Gasteiger partial charge in [0.1, 0.15) is 75.4 Å². The van der Waals surface area contributed by atoms with E-state index in [1.54, 1.807) is 81.1 Å². The summed E-state index contributed by atoms with van der Waals surface area (Å²) >= 11 is 0. The Kier molecular flexibility index (Phi) is 52.1. The van der Waals surface area contributed by atoms with Gasteiger partial charge in [-0.2, -0.15) is 0 Å². The Labute approximate surface area is 746 Å². The van der Waals surface area contributed by atoms with E-state index in [1.807, 2.05) is 24.3 Å². The van der Waals surface area contributed by atoms with E-state index in [1.165, 1.54) is 0 Å². The van der Waals surface area contributed by atoms with Crippen molar-refractivity contribution in [3.05, 3.63) is 48.5 Å². The Morgan fingerprint density at radius 2 is 0.375 bits per heavy atom. The van der Waals surface area contributed by atoms with Gasteiger partial charge < -0.3 is 162 Å². The van der Waals surface area contributed by atoms with Gasteiger partial charge in [-0.15, -0.1) is 0 Å². The fourth-order valence-electron chi connectivity index (χ4n) is 12.3. The second-order valence-corrected chi connectivity index (χ2v) is 27.4. The number of hydrogen-bond acceptors (Lipinski definition) is 38. The highest BCUT2D eigenvalue weighted by Crippen LogP contribution is 2.51. The molecule has 40 heteroatoms. The Hall–Kier alpha value is -8.32. The van der Waals surface area contributed by atoms with E-state index in [0.29, 0.717) is 252 Å². The van der Waals surface area contributed by atoms with Crippen LogP contribution in [-0.4, -0.2) is 414 Å². The number of fused-ring (bicyclic) bond motifs is 20. The molecule has 0 saturated heterocycles. The first kappa shape index (κ1) is 103. The van der Waals surface area contributed by atoms with Crippen LogP contribution in [0.15, 0.2) is 48.5 Å². The third-order valence-electron chi connectivity index (χ3n) is 18.4. The Balaban J connectivity index is 1.31. The molecule has 0 aliphatic carbocycles. The minimum absolute atomic E-state index is 0.0263. The van der Waals surface area contributed by atoms with Crippen molar-refractivity contribution in [2.45, 2.75) is 0 Å². The standard InChI is InChI=1S/C88H130N8O32/c1-97-17-25-105-33-41-113-49-57-121-69-13-9-65-73(77(69)125-61-53-117-45-37-109-29-21-101-5)85-91-81(65)89-82-67-11-15-71(123-59-51-115-43-35-107-27-19-99-3)79(127-63-55-119-47-39-111-31-23-103-7)75(67)87(93-82)96-88-76-68(12-16-72(124-60-52-116-44-36-108-28-20-100-4)80(76)128-64-56-120-48-40-112-32-24-104-8)84(94-88)90-83-66-10-14-70(122-58-50-114-42-34-106-26-18-98-2)78(74(66)86(92-83)95-85)126-62-54-118-46-38-110-30-22-102-6/h9-16H,17-64H2,1-8H3,(H2,89,90,91,92,93,94,95,96). The quantitative estimate of drug-likeness (QED) is 0.0352. The molecule has 0 radical (unpaired) electrons. The Morgan fingerprint density at radius 1 is 0.180 bits per heavy atom. The summed E-state index contributed by atoms with van der Waals surface area (Å²) in [7, 11) is 12.9. The number of H-pyrrole nitrogens is 2. The van der Waals surface area contributed by atoms with Crippen molar-refractivity contribution in [1.82, 2.24) is 39.9 Å². The van der Waals surface area contributed by atoms with E-state index < -0.39 is 0 Å². The average Bonchev–Trinajstić information content (AvgIpc) is 1.59. The first-order valence-corrected chi connectivity index (χ1v) is 43.1. The smallest absolute Gasteiger partial charge is 0.173 e. The molecule has 0 spiro atoms. The van der Waals surface area contributed by atoms with Crippen LogP contribution in [0.25, 0.3) is 89.7 Å². The topological polar surface area (TPSA) is 404 Å². The van der Waals surface area contributed by atoms with Crippen molar-refractivity contribution in [3.8, 4) is 91.5 Å². The van der Waals surface area contributed by atoms with Gasteiger partial charge >= 0.3 is 0 Å². The van der Waals surface area contributed by atoms with Crippen molar-refractivity contribution < 1.29 is 152 Å². The lowest BCUT2D eigenvalue weighted by Gasteiger charge is -2.17. The van der Waals surface area contributed by atoms with Crippen LogP contribution in [0.4, 0.5) is 0 Å². The van der Waals surface area contributed by atoms with Gasteiger partial charge in [-0.1, -0.05) is 0 Å². The SMILES string of the molecule is COCCOCCOCCOc1ccc2c(c1OCCOCCOCCOC)-c1nc-2nc2[nH]c(nc3[nH]c(nc4nc(n1)-c1c-4ccc(OCCOCCOCCOC)c1OCCOCCOCCOC)c1ccc(OCCOCCOCCOC)c(OCCOCCOCCOC)c31)c1c(OCCOCCOCCOC)c(OCCOCCOCCOC)ccc21. The van der Waals surface area contributed by atoms with Crippen LogP contribution in [0.2, 0.25) is 0 Å². The van der Waals surface area contributed by atoms with E-state index >= 15 is 0 Å². The summed E-state index contributed by atoms with van der Waals surface area (Å²) in [4.78, 5) is 40.3. The van der Waals surface area contributed by atoms with Gasteiger partial charge in [0, 0.05) is 78.8 Å². The zero-order chi connectivity index (χ0) is 89.7. The first-order valence-electron chi connectivity index (χ1n) is 43.1. The summed E-state index contributed by atoms with van der Waals surface area (Å²) in [6.07, 6.45) is 0. The van der Waals surface area contributed by atoms with Crippen LogP contribution < -0.4 is 37.9 Å². The minimum Gasteiger partial charge on any atom is -0.487 e. The molecule has 0 unspecified atom stereocenters. The highest BCUT2D eigenvalue weighted by molar-refractivity contribution is 6.12. The number of hydrogen-bond donors (Lipinski definition) is 2. The number of ether oxygens (including phenoxy) is 32. The Bertz CT molecular complexity index is 4100. The summed E-state index contributed by atoms with van der Waals surface area (Å²) in [6.45, 7) is 13.7. The second-order valence-electron chi connectivity index (χ2n) is 27.4. The van der Waals surface area contributed by atoms with Crippen LogP contribution in [0.5, 0.6) is 46.0 Å². The molecule has 128 heavy (non-hydrogen) atoms. The largest absolute Gasteiger partial charge is 0.487 e. The van der Waals surface area contributed by atoms with E-state index in [9.17, 15) is 0 Å². The highest BCUT2D eigenvalue weighted by Gasteiger charge is 2.33. The molecule has 0 fully saturated rings. The average molecular weight is 1810 g/mol. The molecule has 9 rings (SSSR count). The number of rotatable bonds is 80. The maximum absolute atomic E-state index is 6.93. The van der Waals surface area contributed by atoms with Crippen molar-refractivity contribution in [2.75, 3.05) is 374 Å². The van der Waals surface area contributed by atoms with Crippen LogP contribution in [0.3, 0.4) is 0 Å². The molecule has 2 N–H and O–H groups in total. The van der Waals surface area contributed by atoms with Crippen molar-refractivity contribution >= 4 is 44.1 Å². The van der Waals surface area contributed by atoms with Gasteiger partial charge in [-0.05, 0) is 48.5 Å². The number of nitrogens with one attached hydrogen (secondary N) is 2. The molecule has 8 bridgehead atoms. The third-order valence-corrected chi connectivity index (χ3v) is 18.4. The second kappa shape index (κ2) is 64.5. The lowest BCUT2D eigenvalue weighted by Crippen LogP contribution is -2.14. The van der Waals surface area contributed by atoms with Crippen LogP contribution in [-0.2, 0) is 114 Å². The molecule has 2 aliphatic rings. The molecule has 40 nitrogen and oxygen atoms in total. The predicted molar refractivity (Wildman–Crippen MR) is 468 cm³/mol. The van der Waals surface area contributed by atoms with E-state index in [-0.39, 0.29) is 201 Å². The van der Waals surface area contributed by atoms with Gasteiger partial charge in [-0.3, -0.25) is 0 Å². The number of aromatic amines is 2. The van der Waals surface area contributed by atoms with Gasteiger partial charge in [0.15, 0.2) is 69.3 Å². The van der Waals surface area contributed by atoms with Gasteiger partial charge in [0.05, 0.1) is 286 Å². The normalized spacial score (nSPS) is 11.8. The van der Waals surface area contributed by atoms with Crippen molar-refractivity contribution in [1.29, 1.82) is 0 Å². The van der Waals surface area contributed by atoms with Gasteiger partial charge in [0.25, 0.3) is 0 Å². The lowest BCUT2D eigenvalue weighted by atomic mass is 10.1. The highest BCUT2D eigenvalue weighted by atomic mass is 16.6. The summed E-state index contributed by atoms with van der Waals surface area (Å²) < 4.78 is 190. The van der Waals surface area contributed by atoms with E-state index in [4.69, 9.17) is 181 Å². The summed E-state index contributed by atoms with van der Waals surface area (Å²) in [5.74, 6) is 2.95. The molecule has 0 amide bonds. The van der Waals surface area contributed by atoms with Crippen LogP contribution in [0.1, 0.15) is 0 Å². The Morgan fingerprint density at radius 3 is 0.617 bits per heavy atom. The zero-order valence-corrected chi connectivity index (χ0v) is 75.3. The number of aromatic nitrogens is 8. The molecule has 0 saturated carbocycles. The van der Waals surface area contributed by atoms with Crippen LogP contribution >= 0.6 is 0 Å². The zero-order valence-electron chi connectivity index (χ0n) is 75.3. The monoisotopic (exact) mass is 1810 g/mol. The molecule has 4 aromatic carbocycles. The number of benzene rings is 4. The molecular formula is C88H130N8O32. The molecular weight excluding hydrogens is 1680 g/mol. The molecule has 5 heterocycles. The number of nitrogens with zero attached hydrogens (tertiary/aromatic N) is 6. The fourth-order valence-corrected chi connectivity index (χ4v) is 12.3. The molecule has 0 atom stereocenters. The van der Waals surface area contributed by atoms with Crippen LogP contribution in [0, 0.1) is 0 Å². The van der Waals surface area contributed by atoms with E-state index in [0.717, 1.165) is 0 Å².